The molecular formula is C23H28N4O. The van der Waals surface area contributed by atoms with Crippen LogP contribution in [0.1, 0.15) is 37.6 Å². The van der Waals surface area contributed by atoms with Crippen molar-refractivity contribution in [2.45, 2.75) is 39.7 Å². The zero-order chi connectivity index (χ0) is 20.1. The van der Waals surface area contributed by atoms with Crippen LogP contribution in [0.15, 0.2) is 54.6 Å². The van der Waals surface area contributed by atoms with Crippen molar-refractivity contribution < 1.29 is 4.74 Å². The number of hydrogen-bond donors (Lipinski definition) is 2. The van der Waals surface area contributed by atoms with Crippen LogP contribution in [0, 0.1) is 6.92 Å². The second kappa shape index (κ2) is 8.30. The molecule has 1 heterocycles. The summed E-state index contributed by atoms with van der Waals surface area (Å²) in [4.78, 5) is 9.09. The quantitative estimate of drug-likeness (QED) is 0.599. The minimum Gasteiger partial charge on any atom is -0.497 e. The van der Waals surface area contributed by atoms with Gasteiger partial charge in [-0.1, -0.05) is 45.0 Å². The molecule has 28 heavy (non-hydrogen) atoms. The van der Waals surface area contributed by atoms with Gasteiger partial charge in [0.15, 0.2) is 0 Å². The highest BCUT2D eigenvalue weighted by Gasteiger charge is 2.13. The highest BCUT2D eigenvalue weighted by Crippen LogP contribution is 2.24. The molecule has 0 aliphatic heterocycles. The van der Waals surface area contributed by atoms with Crippen molar-refractivity contribution in [1.82, 2.24) is 9.97 Å². The van der Waals surface area contributed by atoms with Crippen LogP contribution in [0.4, 0.5) is 17.5 Å². The molecule has 0 aliphatic rings. The number of aryl methyl sites for hydroxylation is 1. The Bertz CT molecular complexity index is 913. The SMILES string of the molecule is COc1ccc(CNc2cc(C)nc(Nc3ccc(C(C)(C)C)cc3)n2)cc1. The standard InChI is InChI=1S/C23H28N4O/c1-16-14-21(24-15-17-6-12-20(28-5)13-7-17)27-22(25-16)26-19-10-8-18(9-11-19)23(2,3)4/h6-14H,15H2,1-5H3,(H2,24,25,26,27). The lowest BCUT2D eigenvalue weighted by molar-refractivity contribution is 0.414. The summed E-state index contributed by atoms with van der Waals surface area (Å²) in [5.41, 5.74) is 4.46. The Morgan fingerprint density at radius 2 is 1.61 bits per heavy atom. The van der Waals surface area contributed by atoms with Gasteiger partial charge in [0.25, 0.3) is 0 Å². The average Bonchev–Trinajstić information content (AvgIpc) is 2.66. The fourth-order valence-electron chi connectivity index (χ4n) is 2.83. The molecule has 2 N–H and O–H groups in total. The van der Waals surface area contributed by atoms with Crippen LogP contribution in [-0.4, -0.2) is 17.1 Å². The van der Waals surface area contributed by atoms with Gasteiger partial charge in [-0.25, -0.2) is 4.98 Å². The third-order valence-corrected chi connectivity index (χ3v) is 4.49. The third-order valence-electron chi connectivity index (χ3n) is 4.49. The molecule has 0 atom stereocenters. The van der Waals surface area contributed by atoms with Gasteiger partial charge in [-0.15, -0.1) is 0 Å². The van der Waals surface area contributed by atoms with E-state index in [4.69, 9.17) is 4.74 Å². The summed E-state index contributed by atoms with van der Waals surface area (Å²) >= 11 is 0. The van der Waals surface area contributed by atoms with Gasteiger partial charge >= 0.3 is 0 Å². The van der Waals surface area contributed by atoms with Crippen LogP contribution in [0.5, 0.6) is 5.75 Å². The van der Waals surface area contributed by atoms with Crippen LogP contribution in [0.3, 0.4) is 0 Å². The van der Waals surface area contributed by atoms with E-state index in [0.29, 0.717) is 12.5 Å². The maximum atomic E-state index is 5.20. The molecule has 0 aliphatic carbocycles. The second-order valence-electron chi connectivity index (χ2n) is 7.87. The molecule has 5 nitrogen and oxygen atoms in total. The van der Waals surface area contributed by atoms with E-state index >= 15 is 0 Å². The lowest BCUT2D eigenvalue weighted by Crippen LogP contribution is -2.10. The number of aromatic nitrogens is 2. The normalized spacial score (nSPS) is 11.2. The third kappa shape index (κ3) is 5.22. The van der Waals surface area contributed by atoms with Gasteiger partial charge in [-0.3, -0.25) is 0 Å². The van der Waals surface area contributed by atoms with Crippen LogP contribution < -0.4 is 15.4 Å². The van der Waals surface area contributed by atoms with Crippen LogP contribution in [0.2, 0.25) is 0 Å². The Morgan fingerprint density at radius 3 is 2.21 bits per heavy atom. The summed E-state index contributed by atoms with van der Waals surface area (Å²) in [6, 6.07) is 18.3. The number of methoxy groups -OCH3 is 1. The smallest absolute Gasteiger partial charge is 0.229 e. The average molecular weight is 377 g/mol. The highest BCUT2D eigenvalue weighted by molar-refractivity contribution is 5.56. The van der Waals surface area contributed by atoms with E-state index in [1.807, 2.05) is 37.3 Å². The maximum Gasteiger partial charge on any atom is 0.229 e. The van der Waals surface area contributed by atoms with Gasteiger partial charge in [0.05, 0.1) is 7.11 Å². The highest BCUT2D eigenvalue weighted by atomic mass is 16.5. The molecule has 0 amide bonds. The first-order chi connectivity index (χ1) is 13.3. The van der Waals surface area contributed by atoms with Crippen molar-refractivity contribution in [1.29, 1.82) is 0 Å². The number of anilines is 3. The fourth-order valence-corrected chi connectivity index (χ4v) is 2.83. The van der Waals surface area contributed by atoms with Gasteiger partial charge in [0, 0.05) is 24.0 Å². The molecule has 1 aromatic heterocycles. The summed E-state index contributed by atoms with van der Waals surface area (Å²) < 4.78 is 5.20. The van der Waals surface area contributed by atoms with Crippen LogP contribution in [-0.2, 0) is 12.0 Å². The van der Waals surface area contributed by atoms with E-state index < -0.39 is 0 Å². The van der Waals surface area contributed by atoms with Gasteiger partial charge in [0.2, 0.25) is 5.95 Å². The molecule has 0 radical (unpaired) electrons. The number of nitrogens with one attached hydrogen (secondary N) is 2. The van der Waals surface area contributed by atoms with Crippen molar-refractivity contribution in [3.8, 4) is 5.75 Å². The Hall–Kier alpha value is -3.08. The number of ether oxygens (including phenoxy) is 1. The van der Waals surface area contributed by atoms with Crippen LogP contribution in [0.25, 0.3) is 0 Å². The Morgan fingerprint density at radius 1 is 0.929 bits per heavy atom. The van der Waals surface area contributed by atoms with Crippen molar-refractivity contribution >= 4 is 17.5 Å². The molecule has 0 saturated heterocycles. The van der Waals surface area contributed by atoms with Crippen molar-refractivity contribution in [2.24, 2.45) is 0 Å². The zero-order valence-corrected chi connectivity index (χ0v) is 17.2. The van der Waals surface area contributed by atoms with E-state index in [-0.39, 0.29) is 5.41 Å². The Balaban J connectivity index is 1.68. The first kappa shape index (κ1) is 19.7. The minimum atomic E-state index is 0.136. The molecule has 0 fully saturated rings. The first-order valence-corrected chi connectivity index (χ1v) is 9.43. The topological polar surface area (TPSA) is 59.1 Å². The van der Waals surface area contributed by atoms with Gasteiger partial charge in [-0.2, -0.15) is 4.98 Å². The summed E-state index contributed by atoms with van der Waals surface area (Å²) in [6.07, 6.45) is 0. The minimum absolute atomic E-state index is 0.136. The number of hydrogen-bond acceptors (Lipinski definition) is 5. The predicted molar refractivity (Wildman–Crippen MR) is 116 cm³/mol. The van der Waals surface area contributed by atoms with Crippen molar-refractivity contribution in [3.63, 3.8) is 0 Å². The van der Waals surface area contributed by atoms with Gasteiger partial charge in [0.1, 0.15) is 11.6 Å². The number of benzene rings is 2. The largest absolute Gasteiger partial charge is 0.497 e. The van der Waals surface area contributed by atoms with Crippen molar-refractivity contribution in [2.75, 3.05) is 17.7 Å². The molecule has 5 heteroatoms. The molecule has 0 saturated carbocycles. The van der Waals surface area contributed by atoms with Gasteiger partial charge in [-0.05, 0) is 47.7 Å². The predicted octanol–water partition coefficient (Wildman–Crippen LogP) is 5.45. The summed E-state index contributed by atoms with van der Waals surface area (Å²) in [5.74, 6) is 2.23. The molecule has 146 valence electrons. The molecule has 0 unspecified atom stereocenters. The first-order valence-electron chi connectivity index (χ1n) is 9.43. The fraction of sp³-hybridized carbons (Fsp3) is 0.304. The zero-order valence-electron chi connectivity index (χ0n) is 17.2. The maximum absolute atomic E-state index is 5.20. The monoisotopic (exact) mass is 376 g/mol. The Labute approximate surface area is 167 Å². The van der Waals surface area contributed by atoms with Crippen LogP contribution >= 0.6 is 0 Å². The summed E-state index contributed by atoms with van der Waals surface area (Å²) in [7, 11) is 1.67. The van der Waals surface area contributed by atoms with E-state index in [2.05, 4.69) is 65.6 Å². The lowest BCUT2D eigenvalue weighted by atomic mass is 9.87. The van der Waals surface area contributed by atoms with E-state index in [1.165, 1.54) is 5.56 Å². The number of nitrogens with zero attached hydrogens (tertiary/aromatic N) is 2. The lowest BCUT2D eigenvalue weighted by Gasteiger charge is -2.19. The van der Waals surface area contributed by atoms with E-state index in [0.717, 1.165) is 28.5 Å². The van der Waals surface area contributed by atoms with E-state index in [1.54, 1.807) is 7.11 Å². The van der Waals surface area contributed by atoms with E-state index in [9.17, 15) is 0 Å². The summed E-state index contributed by atoms with van der Waals surface area (Å²) in [6.45, 7) is 9.27. The molecule has 3 rings (SSSR count). The molecule has 3 aromatic rings. The van der Waals surface area contributed by atoms with Crippen molar-refractivity contribution in [3.05, 3.63) is 71.4 Å². The Kier molecular flexibility index (Phi) is 5.83. The molecule has 0 bridgehead atoms. The number of rotatable bonds is 6. The molecule has 2 aromatic carbocycles. The van der Waals surface area contributed by atoms with Gasteiger partial charge < -0.3 is 15.4 Å². The summed E-state index contributed by atoms with van der Waals surface area (Å²) in [5, 5.41) is 6.66. The molecular weight excluding hydrogens is 348 g/mol. The second-order valence-corrected chi connectivity index (χ2v) is 7.87. The molecule has 0 spiro atoms.